The second kappa shape index (κ2) is 6.54. The van der Waals surface area contributed by atoms with Gasteiger partial charge in [-0.25, -0.2) is 8.42 Å². The minimum Gasteiger partial charge on any atom is -0.373 e. The summed E-state index contributed by atoms with van der Waals surface area (Å²) in [5.74, 6) is 0.162. The van der Waals surface area contributed by atoms with E-state index >= 15 is 0 Å². The zero-order valence-electron chi connectivity index (χ0n) is 10.9. The molecule has 0 fully saturated rings. The second-order valence-corrected chi connectivity index (χ2v) is 7.53. The Morgan fingerprint density at radius 2 is 2.06 bits per heavy atom. The monoisotopic (exact) mass is 334 g/mol. The number of rotatable bonds is 6. The van der Waals surface area contributed by atoms with Gasteiger partial charge in [0.1, 0.15) is 9.84 Å². The number of anilines is 1. The van der Waals surface area contributed by atoms with Crippen LogP contribution in [0.15, 0.2) is 22.7 Å². The van der Waals surface area contributed by atoms with Gasteiger partial charge in [-0.15, -0.1) is 0 Å². The first-order valence-electron chi connectivity index (χ1n) is 5.65. The van der Waals surface area contributed by atoms with Gasteiger partial charge < -0.3 is 10.2 Å². The molecular weight excluding hydrogens is 316 g/mol. The van der Waals surface area contributed by atoms with Crippen LogP contribution >= 0.6 is 15.9 Å². The SMILES string of the molecule is CNCc1ccc(Br)cc1N(C)CCS(C)(=O)=O. The Bertz CT molecular complexity index is 503. The molecule has 0 saturated heterocycles. The lowest BCUT2D eigenvalue weighted by Gasteiger charge is -2.22. The lowest BCUT2D eigenvalue weighted by atomic mass is 10.1. The van der Waals surface area contributed by atoms with Crippen molar-refractivity contribution in [3.63, 3.8) is 0 Å². The van der Waals surface area contributed by atoms with Crippen LogP contribution in [-0.4, -0.2) is 41.1 Å². The van der Waals surface area contributed by atoms with Crippen LogP contribution < -0.4 is 10.2 Å². The zero-order chi connectivity index (χ0) is 13.8. The van der Waals surface area contributed by atoms with E-state index in [1.54, 1.807) is 0 Å². The number of nitrogens with one attached hydrogen (secondary N) is 1. The molecule has 0 aliphatic carbocycles. The summed E-state index contributed by atoms with van der Waals surface area (Å²) >= 11 is 3.44. The summed E-state index contributed by atoms with van der Waals surface area (Å²) in [5.41, 5.74) is 2.19. The van der Waals surface area contributed by atoms with E-state index < -0.39 is 9.84 Å². The number of halogens is 1. The quantitative estimate of drug-likeness (QED) is 0.859. The van der Waals surface area contributed by atoms with Crippen LogP contribution in [0.2, 0.25) is 0 Å². The van der Waals surface area contributed by atoms with E-state index in [-0.39, 0.29) is 5.75 Å². The van der Waals surface area contributed by atoms with Crippen molar-refractivity contribution in [2.75, 3.05) is 37.5 Å². The van der Waals surface area contributed by atoms with Crippen molar-refractivity contribution < 1.29 is 8.42 Å². The normalized spacial score (nSPS) is 11.6. The van der Waals surface area contributed by atoms with E-state index in [9.17, 15) is 8.42 Å². The van der Waals surface area contributed by atoms with Gasteiger partial charge in [0, 0.05) is 36.6 Å². The lowest BCUT2D eigenvalue weighted by Crippen LogP contribution is -2.26. The average Bonchev–Trinajstić information content (AvgIpc) is 2.27. The van der Waals surface area contributed by atoms with Crippen molar-refractivity contribution in [3.8, 4) is 0 Å². The predicted molar refractivity (Wildman–Crippen MR) is 79.9 cm³/mol. The fraction of sp³-hybridized carbons (Fsp3) is 0.500. The third-order valence-electron chi connectivity index (χ3n) is 2.62. The highest BCUT2D eigenvalue weighted by atomic mass is 79.9. The maximum absolute atomic E-state index is 11.2. The van der Waals surface area contributed by atoms with Crippen LogP contribution in [0, 0.1) is 0 Å². The first-order valence-corrected chi connectivity index (χ1v) is 8.50. The van der Waals surface area contributed by atoms with Crippen molar-refractivity contribution in [2.24, 2.45) is 0 Å². The Morgan fingerprint density at radius 1 is 1.39 bits per heavy atom. The molecule has 0 aliphatic heterocycles. The molecule has 4 nitrogen and oxygen atoms in total. The van der Waals surface area contributed by atoms with Gasteiger partial charge in [0.15, 0.2) is 0 Å². The summed E-state index contributed by atoms with van der Waals surface area (Å²) in [5, 5.41) is 3.11. The van der Waals surface area contributed by atoms with Crippen LogP contribution in [0.4, 0.5) is 5.69 Å². The average molecular weight is 335 g/mol. The number of sulfone groups is 1. The van der Waals surface area contributed by atoms with Crippen LogP contribution in [-0.2, 0) is 16.4 Å². The molecule has 102 valence electrons. The molecule has 1 aromatic rings. The minimum absolute atomic E-state index is 0.162. The van der Waals surface area contributed by atoms with E-state index in [4.69, 9.17) is 0 Å². The van der Waals surface area contributed by atoms with E-state index in [2.05, 4.69) is 21.2 Å². The molecule has 0 radical (unpaired) electrons. The van der Waals surface area contributed by atoms with Gasteiger partial charge in [-0.1, -0.05) is 22.0 Å². The third kappa shape index (κ3) is 4.96. The molecule has 0 heterocycles. The van der Waals surface area contributed by atoms with E-state index in [0.29, 0.717) is 6.54 Å². The predicted octanol–water partition coefficient (Wildman–Crippen LogP) is 1.65. The summed E-state index contributed by atoms with van der Waals surface area (Å²) in [4.78, 5) is 1.97. The van der Waals surface area contributed by atoms with Crippen LogP contribution in [0.1, 0.15) is 5.56 Å². The highest BCUT2D eigenvalue weighted by Gasteiger charge is 2.10. The van der Waals surface area contributed by atoms with Crippen LogP contribution in [0.3, 0.4) is 0 Å². The Balaban J connectivity index is 2.89. The summed E-state index contributed by atoms with van der Waals surface area (Å²) < 4.78 is 23.4. The van der Waals surface area contributed by atoms with Gasteiger partial charge >= 0.3 is 0 Å². The maximum Gasteiger partial charge on any atom is 0.149 e. The first kappa shape index (κ1) is 15.5. The molecule has 18 heavy (non-hydrogen) atoms. The van der Waals surface area contributed by atoms with E-state index in [1.165, 1.54) is 6.26 Å². The lowest BCUT2D eigenvalue weighted by molar-refractivity contribution is 0.601. The molecule has 0 amide bonds. The van der Waals surface area contributed by atoms with Crippen LogP contribution in [0.5, 0.6) is 0 Å². The van der Waals surface area contributed by atoms with Crippen molar-refractivity contribution in [1.82, 2.24) is 5.32 Å². The first-order chi connectivity index (χ1) is 8.33. The number of hydrogen-bond acceptors (Lipinski definition) is 4. The zero-order valence-corrected chi connectivity index (χ0v) is 13.3. The number of hydrogen-bond donors (Lipinski definition) is 1. The minimum atomic E-state index is -2.93. The molecule has 6 heteroatoms. The van der Waals surface area contributed by atoms with Crippen molar-refractivity contribution >= 4 is 31.5 Å². The molecule has 0 bridgehead atoms. The molecule has 0 atom stereocenters. The maximum atomic E-state index is 11.2. The highest BCUT2D eigenvalue weighted by molar-refractivity contribution is 9.10. The topological polar surface area (TPSA) is 49.4 Å². The van der Waals surface area contributed by atoms with E-state index in [1.807, 2.05) is 37.2 Å². The molecule has 1 N–H and O–H groups in total. The summed E-state index contributed by atoms with van der Waals surface area (Å²) in [6.45, 7) is 1.25. The largest absolute Gasteiger partial charge is 0.373 e. The molecule has 0 spiro atoms. The fourth-order valence-electron chi connectivity index (χ4n) is 1.66. The van der Waals surface area contributed by atoms with Gasteiger partial charge in [-0.2, -0.15) is 0 Å². The van der Waals surface area contributed by atoms with Crippen molar-refractivity contribution in [1.29, 1.82) is 0 Å². The van der Waals surface area contributed by atoms with Gasteiger partial charge in [-0.3, -0.25) is 0 Å². The smallest absolute Gasteiger partial charge is 0.149 e. The number of nitrogens with zero attached hydrogens (tertiary/aromatic N) is 1. The van der Waals surface area contributed by atoms with Crippen molar-refractivity contribution in [2.45, 2.75) is 6.54 Å². The van der Waals surface area contributed by atoms with Crippen molar-refractivity contribution in [3.05, 3.63) is 28.2 Å². The Kier molecular flexibility index (Phi) is 5.62. The molecule has 1 rings (SSSR count). The molecule has 0 unspecified atom stereocenters. The standard InChI is InChI=1S/C12H19BrN2O2S/c1-14-9-10-4-5-11(13)8-12(10)15(2)6-7-18(3,16)17/h4-5,8,14H,6-7,9H2,1-3H3. The molecular formula is C12H19BrN2O2S. The molecule has 0 aliphatic rings. The summed E-state index contributed by atoms with van der Waals surface area (Å²) in [7, 11) is 0.869. The van der Waals surface area contributed by atoms with Gasteiger partial charge in [-0.05, 0) is 24.7 Å². The van der Waals surface area contributed by atoms with Gasteiger partial charge in [0.05, 0.1) is 5.75 Å². The highest BCUT2D eigenvalue weighted by Crippen LogP contribution is 2.24. The van der Waals surface area contributed by atoms with Gasteiger partial charge in [0.2, 0.25) is 0 Å². The summed E-state index contributed by atoms with van der Waals surface area (Å²) in [6.07, 6.45) is 1.26. The summed E-state index contributed by atoms with van der Waals surface area (Å²) in [6, 6.07) is 6.03. The second-order valence-electron chi connectivity index (χ2n) is 4.35. The molecule has 0 aromatic heterocycles. The fourth-order valence-corrected chi connectivity index (χ4v) is 2.61. The molecule has 0 saturated carbocycles. The van der Waals surface area contributed by atoms with Gasteiger partial charge in [0.25, 0.3) is 0 Å². The third-order valence-corrected chi connectivity index (χ3v) is 4.04. The Hall–Kier alpha value is -0.590. The number of benzene rings is 1. The Morgan fingerprint density at radius 3 is 2.61 bits per heavy atom. The Labute approximate surface area is 117 Å². The van der Waals surface area contributed by atoms with Crippen LogP contribution in [0.25, 0.3) is 0 Å². The van der Waals surface area contributed by atoms with E-state index in [0.717, 1.165) is 22.3 Å². The molecule has 1 aromatic carbocycles.